The molecular weight excluding hydrogens is 252 g/mol. The van der Waals surface area contributed by atoms with E-state index in [9.17, 15) is 0 Å². The Bertz CT molecular complexity index is 298. The molecule has 0 unspecified atom stereocenters. The van der Waals surface area contributed by atoms with Crippen LogP contribution in [0.2, 0.25) is 0 Å². The van der Waals surface area contributed by atoms with Crippen LogP contribution in [0.25, 0.3) is 0 Å². The second-order valence-electron chi connectivity index (χ2n) is 6.43. The molecule has 0 radical (unpaired) electrons. The van der Waals surface area contributed by atoms with E-state index in [0.29, 0.717) is 0 Å². The molecule has 5 heteroatoms. The number of nitrogens with one attached hydrogen (secondary N) is 2. The maximum atomic E-state index is 5.61. The van der Waals surface area contributed by atoms with Crippen LogP contribution in [0, 0.1) is 5.92 Å². The Morgan fingerprint density at radius 1 is 1.30 bits per heavy atom. The number of rotatable bonds is 9. The first-order valence-corrected chi connectivity index (χ1v) is 7.65. The highest BCUT2D eigenvalue weighted by Gasteiger charge is 2.21. The first-order valence-electron chi connectivity index (χ1n) is 7.65. The number of aliphatic imine (C=N–C) groups is 1. The van der Waals surface area contributed by atoms with E-state index in [1.807, 2.05) is 7.05 Å². The van der Waals surface area contributed by atoms with E-state index in [-0.39, 0.29) is 5.54 Å². The fourth-order valence-electron chi connectivity index (χ4n) is 1.59. The van der Waals surface area contributed by atoms with Gasteiger partial charge in [-0.1, -0.05) is 0 Å². The molecule has 0 bridgehead atoms. The van der Waals surface area contributed by atoms with Gasteiger partial charge in [0.15, 0.2) is 5.96 Å². The normalized spacial score (nSPS) is 16.6. The zero-order valence-corrected chi connectivity index (χ0v) is 13.8. The van der Waals surface area contributed by atoms with E-state index < -0.39 is 0 Å². The van der Waals surface area contributed by atoms with Gasteiger partial charge in [0.2, 0.25) is 0 Å². The highest BCUT2D eigenvalue weighted by Crippen LogP contribution is 2.28. The topological polar surface area (TPSA) is 48.9 Å². The molecule has 0 atom stereocenters. The Balaban J connectivity index is 2.06. The molecule has 0 aromatic heterocycles. The molecule has 1 rings (SSSR count). The van der Waals surface area contributed by atoms with E-state index in [1.54, 1.807) is 0 Å². The van der Waals surface area contributed by atoms with Gasteiger partial charge in [0, 0.05) is 38.9 Å². The summed E-state index contributed by atoms with van der Waals surface area (Å²) >= 11 is 0. The fraction of sp³-hybridized carbons (Fsp3) is 0.933. The van der Waals surface area contributed by atoms with Crippen molar-refractivity contribution in [3.63, 3.8) is 0 Å². The summed E-state index contributed by atoms with van der Waals surface area (Å²) in [5.74, 6) is 1.72. The van der Waals surface area contributed by atoms with E-state index in [1.165, 1.54) is 12.8 Å². The Morgan fingerprint density at radius 2 is 2.00 bits per heavy atom. The number of ether oxygens (including phenoxy) is 1. The lowest BCUT2D eigenvalue weighted by Crippen LogP contribution is -2.51. The minimum atomic E-state index is 0.102. The number of guanidine groups is 1. The van der Waals surface area contributed by atoms with Gasteiger partial charge in [-0.3, -0.25) is 4.99 Å². The molecule has 118 valence electrons. The average molecular weight is 284 g/mol. The van der Waals surface area contributed by atoms with E-state index in [4.69, 9.17) is 4.74 Å². The lowest BCUT2D eigenvalue weighted by atomic mass is 10.0. The van der Waals surface area contributed by atoms with Gasteiger partial charge < -0.3 is 20.3 Å². The molecule has 5 nitrogen and oxygen atoms in total. The number of hydrogen-bond donors (Lipinski definition) is 2. The molecule has 0 aromatic carbocycles. The summed E-state index contributed by atoms with van der Waals surface area (Å²) in [5.41, 5.74) is 0.102. The van der Waals surface area contributed by atoms with Gasteiger partial charge in [0.25, 0.3) is 0 Å². The minimum Gasteiger partial charge on any atom is -0.381 e. The first-order chi connectivity index (χ1) is 9.45. The van der Waals surface area contributed by atoms with Gasteiger partial charge in [-0.05, 0) is 53.1 Å². The fourth-order valence-corrected chi connectivity index (χ4v) is 1.59. The molecule has 0 amide bonds. The van der Waals surface area contributed by atoms with E-state index in [0.717, 1.165) is 44.6 Å². The van der Waals surface area contributed by atoms with Crippen LogP contribution in [-0.2, 0) is 4.74 Å². The Kier molecular flexibility index (Phi) is 7.30. The van der Waals surface area contributed by atoms with Gasteiger partial charge in [-0.2, -0.15) is 0 Å². The third-order valence-electron chi connectivity index (χ3n) is 3.93. The smallest absolute Gasteiger partial charge is 0.191 e. The van der Waals surface area contributed by atoms with Gasteiger partial charge in [0.1, 0.15) is 0 Å². The van der Waals surface area contributed by atoms with Crippen molar-refractivity contribution in [1.82, 2.24) is 15.5 Å². The molecule has 0 heterocycles. The van der Waals surface area contributed by atoms with Gasteiger partial charge in [-0.25, -0.2) is 0 Å². The molecule has 0 spiro atoms. The molecule has 1 saturated carbocycles. The third kappa shape index (κ3) is 7.10. The number of nitrogens with zero attached hydrogens (tertiary/aromatic N) is 2. The van der Waals surface area contributed by atoms with Gasteiger partial charge in [-0.15, -0.1) is 0 Å². The van der Waals surface area contributed by atoms with E-state index >= 15 is 0 Å². The quantitative estimate of drug-likeness (QED) is 0.381. The lowest BCUT2D eigenvalue weighted by Gasteiger charge is -2.33. The van der Waals surface area contributed by atoms with Crippen LogP contribution in [0.3, 0.4) is 0 Å². The highest BCUT2D eigenvalue weighted by molar-refractivity contribution is 5.79. The summed E-state index contributed by atoms with van der Waals surface area (Å²) < 4.78 is 5.61. The van der Waals surface area contributed by atoms with Gasteiger partial charge in [0.05, 0.1) is 0 Å². The number of hydrogen-bond acceptors (Lipinski definition) is 3. The summed E-state index contributed by atoms with van der Waals surface area (Å²) in [5, 5.41) is 6.69. The Labute approximate surface area is 124 Å². The largest absolute Gasteiger partial charge is 0.381 e. The minimum absolute atomic E-state index is 0.102. The zero-order chi connectivity index (χ0) is 15.0. The lowest BCUT2D eigenvalue weighted by molar-refractivity contribution is 0.123. The average Bonchev–Trinajstić information content (AvgIpc) is 3.20. The standard InChI is InChI=1S/C15H32N4O/c1-15(2,19(4)5)12-18-14(16-3)17-9-6-10-20-11-13-7-8-13/h13H,6-12H2,1-5H3,(H2,16,17,18). The molecule has 0 aliphatic heterocycles. The van der Waals surface area contributed by atoms with Crippen molar-refractivity contribution in [3.05, 3.63) is 0 Å². The second kappa shape index (κ2) is 8.47. The summed E-state index contributed by atoms with van der Waals surface area (Å²) in [4.78, 5) is 6.45. The van der Waals surface area contributed by atoms with Crippen LogP contribution in [0.5, 0.6) is 0 Å². The summed E-state index contributed by atoms with van der Waals surface area (Å²) in [6, 6.07) is 0. The van der Waals surface area contributed by atoms with Crippen LogP contribution in [0.1, 0.15) is 33.1 Å². The van der Waals surface area contributed by atoms with Crippen molar-refractivity contribution >= 4 is 5.96 Å². The molecule has 20 heavy (non-hydrogen) atoms. The van der Waals surface area contributed by atoms with Crippen molar-refractivity contribution < 1.29 is 4.74 Å². The SMILES string of the molecule is CN=C(NCCCOCC1CC1)NCC(C)(C)N(C)C. The third-order valence-corrected chi connectivity index (χ3v) is 3.93. The monoisotopic (exact) mass is 284 g/mol. The summed E-state index contributed by atoms with van der Waals surface area (Å²) in [6.45, 7) is 7.95. The maximum Gasteiger partial charge on any atom is 0.191 e. The number of likely N-dealkylation sites (N-methyl/N-ethyl adjacent to an activating group) is 1. The summed E-state index contributed by atoms with van der Waals surface area (Å²) in [6.07, 6.45) is 3.73. The molecular formula is C15H32N4O. The van der Waals surface area contributed by atoms with Gasteiger partial charge >= 0.3 is 0 Å². The second-order valence-corrected chi connectivity index (χ2v) is 6.43. The van der Waals surface area contributed by atoms with Crippen LogP contribution in [0.15, 0.2) is 4.99 Å². The maximum absolute atomic E-state index is 5.61. The molecule has 0 aromatic rings. The van der Waals surface area contributed by atoms with Crippen molar-refractivity contribution in [2.24, 2.45) is 10.9 Å². The van der Waals surface area contributed by atoms with E-state index in [2.05, 4.69) is 48.5 Å². The first kappa shape index (κ1) is 17.2. The molecule has 2 N–H and O–H groups in total. The predicted molar refractivity (Wildman–Crippen MR) is 85.3 cm³/mol. The predicted octanol–water partition coefficient (Wildman–Crippen LogP) is 1.31. The Morgan fingerprint density at radius 3 is 2.55 bits per heavy atom. The van der Waals surface area contributed by atoms with Crippen molar-refractivity contribution in [1.29, 1.82) is 0 Å². The van der Waals surface area contributed by atoms with Crippen molar-refractivity contribution in [2.45, 2.75) is 38.6 Å². The highest BCUT2D eigenvalue weighted by atomic mass is 16.5. The Hall–Kier alpha value is -0.810. The molecule has 0 saturated heterocycles. The van der Waals surface area contributed by atoms with Crippen LogP contribution < -0.4 is 10.6 Å². The molecule has 1 aliphatic rings. The van der Waals surface area contributed by atoms with Crippen LogP contribution in [-0.4, -0.2) is 63.8 Å². The van der Waals surface area contributed by atoms with Crippen LogP contribution >= 0.6 is 0 Å². The van der Waals surface area contributed by atoms with Crippen molar-refractivity contribution in [3.8, 4) is 0 Å². The summed E-state index contributed by atoms with van der Waals surface area (Å²) in [7, 11) is 5.99. The van der Waals surface area contributed by atoms with Crippen molar-refractivity contribution in [2.75, 3.05) is 47.4 Å². The molecule has 1 fully saturated rings. The molecule has 1 aliphatic carbocycles. The zero-order valence-electron chi connectivity index (χ0n) is 13.8. The van der Waals surface area contributed by atoms with Crippen LogP contribution in [0.4, 0.5) is 0 Å².